The second-order valence-corrected chi connectivity index (χ2v) is 8.44. The number of aromatic amines is 1. The second kappa shape index (κ2) is 9.97. The van der Waals surface area contributed by atoms with E-state index in [1.165, 1.54) is 0 Å². The number of piperazine rings is 1. The van der Waals surface area contributed by atoms with Gasteiger partial charge in [-0.2, -0.15) is 0 Å². The molecular weight excluding hydrogens is 426 g/mol. The summed E-state index contributed by atoms with van der Waals surface area (Å²) in [6.45, 7) is 5.26. The molecule has 1 aromatic heterocycles. The molecule has 7 nitrogen and oxygen atoms in total. The number of carbonyl (C=O) groups is 1. The molecule has 5 rings (SSSR count). The number of fused-ring (bicyclic) bond motifs is 1. The molecule has 0 radical (unpaired) electrons. The first-order chi connectivity index (χ1) is 16.7. The number of nitrogens with zero attached hydrogens (tertiary/aromatic N) is 3. The highest BCUT2D eigenvalue weighted by molar-refractivity contribution is 5.94. The number of imidazole rings is 1. The Hall–Kier alpha value is -3.84. The standard InChI is InChI=1S/C27H29N5O2/c1-34-25-9-5-4-8-24(25)32-18-16-31(17-19-32)15-14-28-27(33)21-12-10-20(11-13-21)26-29-22-6-2-3-7-23(22)30-26/h2-13H,14-19H2,1H3,(H,28,33)(H,29,30). The van der Waals surface area contributed by atoms with Crippen LogP contribution in [-0.2, 0) is 0 Å². The number of amides is 1. The highest BCUT2D eigenvalue weighted by Crippen LogP contribution is 2.28. The molecule has 7 heteroatoms. The van der Waals surface area contributed by atoms with Crippen molar-refractivity contribution in [3.63, 3.8) is 0 Å². The number of ether oxygens (including phenoxy) is 1. The lowest BCUT2D eigenvalue weighted by Gasteiger charge is -2.36. The minimum atomic E-state index is -0.0520. The number of rotatable bonds is 7. The Morgan fingerprint density at radius 2 is 1.71 bits per heavy atom. The zero-order chi connectivity index (χ0) is 23.3. The van der Waals surface area contributed by atoms with Crippen molar-refractivity contribution >= 4 is 22.6 Å². The monoisotopic (exact) mass is 455 g/mol. The fraction of sp³-hybridized carbons (Fsp3) is 0.259. The zero-order valence-electron chi connectivity index (χ0n) is 19.3. The van der Waals surface area contributed by atoms with E-state index in [9.17, 15) is 4.79 Å². The number of para-hydroxylation sites is 4. The number of anilines is 1. The minimum absolute atomic E-state index is 0.0520. The van der Waals surface area contributed by atoms with Crippen molar-refractivity contribution in [2.75, 3.05) is 51.3 Å². The van der Waals surface area contributed by atoms with Crippen LogP contribution in [0.3, 0.4) is 0 Å². The highest BCUT2D eigenvalue weighted by Gasteiger charge is 2.19. The predicted molar refractivity (Wildman–Crippen MR) is 136 cm³/mol. The maximum atomic E-state index is 12.6. The Labute approximate surface area is 199 Å². The molecule has 1 aliphatic rings. The van der Waals surface area contributed by atoms with Gasteiger partial charge >= 0.3 is 0 Å². The quantitative estimate of drug-likeness (QED) is 0.444. The van der Waals surface area contributed by atoms with Crippen molar-refractivity contribution in [2.45, 2.75) is 0 Å². The van der Waals surface area contributed by atoms with E-state index in [1.54, 1.807) is 7.11 Å². The molecule has 2 N–H and O–H groups in total. The molecule has 0 saturated carbocycles. The van der Waals surface area contributed by atoms with Crippen LogP contribution in [0.4, 0.5) is 5.69 Å². The minimum Gasteiger partial charge on any atom is -0.495 e. The molecule has 0 unspecified atom stereocenters. The molecule has 0 bridgehead atoms. The van der Waals surface area contributed by atoms with Gasteiger partial charge in [-0.05, 0) is 36.4 Å². The van der Waals surface area contributed by atoms with E-state index in [0.29, 0.717) is 12.1 Å². The van der Waals surface area contributed by atoms with Gasteiger partial charge in [0, 0.05) is 50.4 Å². The maximum absolute atomic E-state index is 12.6. The Morgan fingerprint density at radius 1 is 0.971 bits per heavy atom. The van der Waals surface area contributed by atoms with Crippen molar-refractivity contribution < 1.29 is 9.53 Å². The van der Waals surface area contributed by atoms with Gasteiger partial charge in [-0.3, -0.25) is 9.69 Å². The summed E-state index contributed by atoms with van der Waals surface area (Å²) in [5, 5.41) is 3.05. The van der Waals surface area contributed by atoms with Gasteiger partial charge in [-0.25, -0.2) is 4.98 Å². The Morgan fingerprint density at radius 3 is 2.47 bits per heavy atom. The molecule has 1 fully saturated rings. The number of nitrogens with one attached hydrogen (secondary N) is 2. The first kappa shape index (κ1) is 22.0. The second-order valence-electron chi connectivity index (χ2n) is 8.44. The van der Waals surface area contributed by atoms with Gasteiger partial charge in [-0.1, -0.05) is 36.4 Å². The average molecular weight is 456 g/mol. The summed E-state index contributed by atoms with van der Waals surface area (Å²) in [4.78, 5) is 25.3. The molecule has 1 aliphatic heterocycles. The van der Waals surface area contributed by atoms with Gasteiger partial charge in [0.2, 0.25) is 0 Å². The smallest absolute Gasteiger partial charge is 0.251 e. The van der Waals surface area contributed by atoms with Gasteiger partial charge in [0.1, 0.15) is 11.6 Å². The molecule has 3 aromatic carbocycles. The largest absolute Gasteiger partial charge is 0.495 e. The van der Waals surface area contributed by atoms with Crippen molar-refractivity contribution in [1.29, 1.82) is 0 Å². The average Bonchev–Trinajstić information content (AvgIpc) is 3.33. The fourth-order valence-electron chi connectivity index (χ4n) is 4.40. The van der Waals surface area contributed by atoms with Gasteiger partial charge in [-0.15, -0.1) is 0 Å². The fourth-order valence-corrected chi connectivity index (χ4v) is 4.40. The molecule has 0 spiro atoms. The first-order valence-corrected chi connectivity index (χ1v) is 11.6. The lowest BCUT2D eigenvalue weighted by molar-refractivity contribution is 0.0948. The summed E-state index contributed by atoms with van der Waals surface area (Å²) >= 11 is 0. The number of benzene rings is 3. The molecule has 1 amide bonds. The molecule has 1 saturated heterocycles. The molecule has 2 heterocycles. The number of hydrogen-bond acceptors (Lipinski definition) is 5. The summed E-state index contributed by atoms with van der Waals surface area (Å²) in [5.74, 6) is 1.67. The lowest BCUT2D eigenvalue weighted by atomic mass is 10.1. The molecule has 174 valence electrons. The van der Waals surface area contributed by atoms with Crippen LogP contribution in [0.25, 0.3) is 22.4 Å². The van der Waals surface area contributed by atoms with Crippen LogP contribution in [0, 0.1) is 0 Å². The molecule has 0 aliphatic carbocycles. The number of methoxy groups -OCH3 is 1. The van der Waals surface area contributed by atoms with Crippen molar-refractivity contribution in [3.8, 4) is 17.1 Å². The Kier molecular flexibility index (Phi) is 6.44. The zero-order valence-corrected chi connectivity index (χ0v) is 19.3. The van der Waals surface area contributed by atoms with Crippen molar-refractivity contribution in [1.82, 2.24) is 20.2 Å². The van der Waals surface area contributed by atoms with E-state index in [4.69, 9.17) is 4.74 Å². The van der Waals surface area contributed by atoms with Crippen LogP contribution < -0.4 is 15.0 Å². The van der Waals surface area contributed by atoms with Crippen LogP contribution in [0.1, 0.15) is 10.4 Å². The number of aromatic nitrogens is 2. The van der Waals surface area contributed by atoms with Crippen molar-refractivity contribution in [3.05, 3.63) is 78.4 Å². The number of H-pyrrole nitrogens is 1. The van der Waals surface area contributed by atoms with E-state index in [2.05, 4.69) is 31.2 Å². The third-order valence-electron chi connectivity index (χ3n) is 6.32. The summed E-state index contributed by atoms with van der Waals surface area (Å²) in [6, 6.07) is 23.7. The van der Waals surface area contributed by atoms with Crippen LogP contribution in [0.5, 0.6) is 5.75 Å². The number of hydrogen-bond donors (Lipinski definition) is 2. The van der Waals surface area contributed by atoms with Crippen LogP contribution in [-0.4, -0.2) is 67.2 Å². The summed E-state index contributed by atoms with van der Waals surface area (Å²) < 4.78 is 5.50. The maximum Gasteiger partial charge on any atom is 0.251 e. The topological polar surface area (TPSA) is 73.5 Å². The van der Waals surface area contributed by atoms with E-state index < -0.39 is 0 Å². The van der Waals surface area contributed by atoms with Crippen LogP contribution >= 0.6 is 0 Å². The van der Waals surface area contributed by atoms with E-state index in [1.807, 2.05) is 66.7 Å². The number of carbonyl (C=O) groups excluding carboxylic acids is 1. The molecule has 0 atom stereocenters. The van der Waals surface area contributed by atoms with E-state index >= 15 is 0 Å². The predicted octanol–water partition coefficient (Wildman–Crippen LogP) is 3.79. The molecule has 4 aromatic rings. The SMILES string of the molecule is COc1ccccc1N1CCN(CCNC(=O)c2ccc(-c3nc4ccccc4[nH]3)cc2)CC1. The van der Waals surface area contributed by atoms with E-state index in [0.717, 1.165) is 66.6 Å². The summed E-state index contributed by atoms with van der Waals surface area (Å²) in [5.41, 5.74) is 4.69. The van der Waals surface area contributed by atoms with Gasteiger partial charge in [0.25, 0.3) is 5.91 Å². The van der Waals surface area contributed by atoms with Crippen molar-refractivity contribution in [2.24, 2.45) is 0 Å². The first-order valence-electron chi connectivity index (χ1n) is 11.6. The third-order valence-corrected chi connectivity index (χ3v) is 6.32. The summed E-state index contributed by atoms with van der Waals surface area (Å²) in [6.07, 6.45) is 0. The lowest BCUT2D eigenvalue weighted by Crippen LogP contribution is -2.48. The summed E-state index contributed by atoms with van der Waals surface area (Å²) in [7, 11) is 1.71. The van der Waals surface area contributed by atoms with Gasteiger partial charge in [0.15, 0.2) is 0 Å². The molecular formula is C27H29N5O2. The van der Waals surface area contributed by atoms with Gasteiger partial charge < -0.3 is 19.9 Å². The Balaban J connectivity index is 1.10. The highest BCUT2D eigenvalue weighted by atomic mass is 16.5. The van der Waals surface area contributed by atoms with Gasteiger partial charge in [0.05, 0.1) is 23.8 Å². The third kappa shape index (κ3) is 4.75. The molecule has 34 heavy (non-hydrogen) atoms. The Bertz CT molecular complexity index is 1230. The normalized spacial score (nSPS) is 14.3. The van der Waals surface area contributed by atoms with Crippen LogP contribution in [0.2, 0.25) is 0 Å². The van der Waals surface area contributed by atoms with Crippen LogP contribution in [0.15, 0.2) is 72.8 Å². The van der Waals surface area contributed by atoms with E-state index in [-0.39, 0.29) is 5.91 Å².